The molecule has 0 unspecified atom stereocenters. The summed E-state index contributed by atoms with van der Waals surface area (Å²) in [4.78, 5) is 15.1. The highest BCUT2D eigenvalue weighted by molar-refractivity contribution is 7.16. The van der Waals surface area contributed by atoms with Crippen LogP contribution in [0.2, 0.25) is 4.34 Å². The summed E-state index contributed by atoms with van der Waals surface area (Å²) < 4.78 is 6.26. The van der Waals surface area contributed by atoms with Crippen LogP contribution >= 0.6 is 22.9 Å². The van der Waals surface area contributed by atoms with E-state index in [9.17, 15) is 4.79 Å². The minimum Gasteiger partial charge on any atom is -0.444 e. The highest BCUT2D eigenvalue weighted by Crippen LogP contribution is 2.21. The van der Waals surface area contributed by atoms with Gasteiger partial charge in [-0.3, -0.25) is 0 Å². The first-order valence-corrected chi connectivity index (χ1v) is 8.98. The third-order valence-electron chi connectivity index (χ3n) is 3.58. The molecule has 1 N–H and O–H groups in total. The molecule has 2 heterocycles. The van der Waals surface area contributed by atoms with Crippen molar-refractivity contribution in [3.05, 3.63) is 21.3 Å². The Labute approximate surface area is 141 Å². The third-order valence-corrected chi connectivity index (χ3v) is 4.87. The quantitative estimate of drug-likeness (QED) is 0.899. The van der Waals surface area contributed by atoms with E-state index in [4.69, 9.17) is 16.3 Å². The second-order valence-corrected chi connectivity index (χ2v) is 8.45. The van der Waals surface area contributed by atoms with Crippen molar-refractivity contribution in [3.8, 4) is 0 Å². The molecule has 124 valence electrons. The van der Waals surface area contributed by atoms with Gasteiger partial charge < -0.3 is 15.0 Å². The Morgan fingerprint density at radius 1 is 1.41 bits per heavy atom. The van der Waals surface area contributed by atoms with Gasteiger partial charge in [0.1, 0.15) is 5.60 Å². The van der Waals surface area contributed by atoms with Crippen LogP contribution in [0.25, 0.3) is 0 Å². The summed E-state index contributed by atoms with van der Waals surface area (Å²) in [5, 5.41) is 3.57. The predicted octanol–water partition coefficient (Wildman–Crippen LogP) is 3.93. The van der Waals surface area contributed by atoms with Crippen molar-refractivity contribution in [3.63, 3.8) is 0 Å². The maximum Gasteiger partial charge on any atom is 0.410 e. The van der Waals surface area contributed by atoms with Crippen molar-refractivity contribution in [2.75, 3.05) is 19.6 Å². The van der Waals surface area contributed by atoms with Gasteiger partial charge in [0.05, 0.1) is 4.34 Å². The van der Waals surface area contributed by atoms with Gasteiger partial charge in [-0.1, -0.05) is 11.6 Å². The SMILES string of the molecule is CC(C)(C)OC(=O)N1CCC(NCCc2ccc(Cl)s2)CC1. The molecule has 0 spiro atoms. The fourth-order valence-corrected chi connectivity index (χ4v) is 3.57. The summed E-state index contributed by atoms with van der Waals surface area (Å²) in [5.74, 6) is 0. The first-order valence-electron chi connectivity index (χ1n) is 7.79. The molecule has 0 bridgehead atoms. The molecule has 0 aromatic carbocycles. The molecule has 1 saturated heterocycles. The number of likely N-dealkylation sites (tertiary alicyclic amines) is 1. The van der Waals surface area contributed by atoms with Gasteiger partial charge in [-0.05, 0) is 52.2 Å². The summed E-state index contributed by atoms with van der Waals surface area (Å²) in [6, 6.07) is 4.51. The topological polar surface area (TPSA) is 41.6 Å². The van der Waals surface area contributed by atoms with Crippen LogP contribution in [0.15, 0.2) is 12.1 Å². The van der Waals surface area contributed by atoms with Crippen LogP contribution in [-0.4, -0.2) is 42.3 Å². The maximum absolute atomic E-state index is 12.0. The number of hydrogen-bond acceptors (Lipinski definition) is 4. The van der Waals surface area contributed by atoms with Crippen LogP contribution in [0.5, 0.6) is 0 Å². The second-order valence-electron chi connectivity index (χ2n) is 6.65. The van der Waals surface area contributed by atoms with Crippen LogP contribution in [0, 0.1) is 0 Å². The van der Waals surface area contributed by atoms with Crippen molar-refractivity contribution in [2.45, 2.75) is 51.7 Å². The number of piperidine rings is 1. The Morgan fingerprint density at radius 2 is 2.09 bits per heavy atom. The van der Waals surface area contributed by atoms with Gasteiger partial charge in [-0.15, -0.1) is 11.3 Å². The molecule has 0 saturated carbocycles. The Bertz CT molecular complexity index is 491. The number of thiophene rings is 1. The predicted molar refractivity (Wildman–Crippen MR) is 91.9 cm³/mol. The van der Waals surface area contributed by atoms with Crippen LogP contribution in [-0.2, 0) is 11.2 Å². The number of nitrogens with one attached hydrogen (secondary N) is 1. The van der Waals surface area contributed by atoms with E-state index in [0.29, 0.717) is 6.04 Å². The normalized spacial score (nSPS) is 16.8. The van der Waals surface area contributed by atoms with Crippen LogP contribution < -0.4 is 5.32 Å². The highest BCUT2D eigenvalue weighted by Gasteiger charge is 2.26. The van der Waals surface area contributed by atoms with Crippen molar-refractivity contribution >= 4 is 29.0 Å². The summed E-state index contributed by atoms with van der Waals surface area (Å²) in [6.07, 6.45) is 2.76. The summed E-state index contributed by atoms with van der Waals surface area (Å²) in [5.41, 5.74) is -0.422. The second kappa shape index (κ2) is 7.66. The fraction of sp³-hybridized carbons (Fsp3) is 0.688. The lowest BCUT2D eigenvalue weighted by Gasteiger charge is -2.33. The summed E-state index contributed by atoms with van der Waals surface area (Å²) >= 11 is 7.57. The number of nitrogens with zero attached hydrogens (tertiary/aromatic N) is 1. The zero-order valence-electron chi connectivity index (χ0n) is 13.5. The molecule has 1 aliphatic heterocycles. The van der Waals surface area contributed by atoms with Gasteiger partial charge in [0, 0.05) is 30.6 Å². The number of hydrogen-bond donors (Lipinski definition) is 1. The first kappa shape index (κ1) is 17.6. The fourth-order valence-electron chi connectivity index (χ4n) is 2.48. The number of ether oxygens (including phenoxy) is 1. The molecular formula is C16H25ClN2O2S. The van der Waals surface area contributed by atoms with Crippen molar-refractivity contribution in [1.82, 2.24) is 10.2 Å². The average Bonchev–Trinajstić information content (AvgIpc) is 2.83. The number of carbonyl (C=O) groups is 1. The molecule has 22 heavy (non-hydrogen) atoms. The van der Waals surface area contributed by atoms with E-state index >= 15 is 0 Å². The van der Waals surface area contributed by atoms with Gasteiger partial charge in [-0.2, -0.15) is 0 Å². The molecule has 0 radical (unpaired) electrons. The molecule has 0 atom stereocenters. The summed E-state index contributed by atoms with van der Waals surface area (Å²) in [7, 11) is 0. The van der Waals surface area contributed by atoms with Gasteiger partial charge in [-0.25, -0.2) is 4.79 Å². The molecule has 1 aliphatic rings. The first-order chi connectivity index (χ1) is 10.3. The number of carbonyl (C=O) groups excluding carboxylic acids is 1. The smallest absolute Gasteiger partial charge is 0.410 e. The number of halogens is 1. The Balaban J connectivity index is 1.65. The standard InChI is InChI=1S/C16H25ClN2O2S/c1-16(2,3)21-15(20)19-10-7-12(8-11-19)18-9-6-13-4-5-14(17)22-13/h4-5,12,18H,6-11H2,1-3H3. The molecule has 1 aromatic rings. The van der Waals surface area contributed by atoms with E-state index in [0.717, 1.165) is 43.2 Å². The zero-order chi connectivity index (χ0) is 16.2. The maximum atomic E-state index is 12.0. The van der Waals surface area contributed by atoms with Crippen molar-refractivity contribution in [2.24, 2.45) is 0 Å². The van der Waals surface area contributed by atoms with E-state index in [1.54, 1.807) is 11.3 Å². The highest BCUT2D eigenvalue weighted by atomic mass is 35.5. The van der Waals surface area contributed by atoms with Crippen molar-refractivity contribution < 1.29 is 9.53 Å². The molecular weight excluding hydrogens is 320 g/mol. The van der Waals surface area contributed by atoms with E-state index in [-0.39, 0.29) is 6.09 Å². The van der Waals surface area contributed by atoms with Crippen molar-refractivity contribution in [1.29, 1.82) is 0 Å². The minimum atomic E-state index is -0.422. The van der Waals surface area contributed by atoms with Gasteiger partial charge >= 0.3 is 6.09 Å². The Hall–Kier alpha value is -0.780. The summed E-state index contributed by atoms with van der Waals surface area (Å²) in [6.45, 7) is 8.17. The van der Waals surface area contributed by atoms with Gasteiger partial charge in [0.2, 0.25) is 0 Å². The molecule has 6 heteroatoms. The van der Waals surface area contributed by atoms with Gasteiger partial charge in [0.25, 0.3) is 0 Å². The van der Waals surface area contributed by atoms with Crippen LogP contribution in [0.4, 0.5) is 4.79 Å². The van der Waals surface area contributed by atoms with Gasteiger partial charge in [0.15, 0.2) is 0 Å². The van der Waals surface area contributed by atoms with Crippen LogP contribution in [0.1, 0.15) is 38.5 Å². The molecule has 2 rings (SSSR count). The lowest BCUT2D eigenvalue weighted by Crippen LogP contribution is -2.46. The van der Waals surface area contributed by atoms with E-state index < -0.39 is 5.60 Å². The molecule has 1 aromatic heterocycles. The molecule has 4 nitrogen and oxygen atoms in total. The Morgan fingerprint density at radius 3 is 2.64 bits per heavy atom. The molecule has 1 fully saturated rings. The lowest BCUT2D eigenvalue weighted by molar-refractivity contribution is 0.0198. The third kappa shape index (κ3) is 5.78. The zero-order valence-corrected chi connectivity index (χ0v) is 15.1. The van der Waals surface area contributed by atoms with E-state index in [2.05, 4.69) is 11.4 Å². The number of amides is 1. The van der Waals surface area contributed by atoms with E-state index in [1.807, 2.05) is 31.7 Å². The largest absolute Gasteiger partial charge is 0.444 e. The minimum absolute atomic E-state index is 0.195. The lowest BCUT2D eigenvalue weighted by atomic mass is 10.1. The Kier molecular flexibility index (Phi) is 6.12. The monoisotopic (exact) mass is 344 g/mol. The molecule has 1 amide bonds. The average molecular weight is 345 g/mol. The van der Waals surface area contributed by atoms with Crippen LogP contribution in [0.3, 0.4) is 0 Å². The van der Waals surface area contributed by atoms with E-state index in [1.165, 1.54) is 4.88 Å². The molecule has 0 aliphatic carbocycles. The number of rotatable bonds is 4.